The van der Waals surface area contributed by atoms with E-state index in [0.29, 0.717) is 5.92 Å². The van der Waals surface area contributed by atoms with Gasteiger partial charge in [0.2, 0.25) is 0 Å². The van der Waals surface area contributed by atoms with Crippen LogP contribution in [0.15, 0.2) is 0 Å². The molecule has 3 unspecified atom stereocenters. The van der Waals surface area contributed by atoms with E-state index in [1.807, 2.05) is 0 Å². The largest absolute Gasteiger partial charge is 0.352 e. The topological polar surface area (TPSA) is 18.5 Å². The summed E-state index contributed by atoms with van der Waals surface area (Å²) in [6, 6.07) is 0. The Morgan fingerprint density at radius 1 is 0.647 bits per heavy atom. The first kappa shape index (κ1) is 12.0. The molecule has 0 spiro atoms. The normalized spacial score (nSPS) is 40.6. The molecular weight excluding hydrogens is 212 g/mol. The molecule has 2 saturated carbocycles. The van der Waals surface area contributed by atoms with Gasteiger partial charge in [0, 0.05) is 19.1 Å². The number of rotatable bonds is 1. The van der Waals surface area contributed by atoms with Crippen molar-refractivity contribution in [2.24, 2.45) is 17.8 Å². The predicted molar refractivity (Wildman–Crippen MR) is 67.7 cm³/mol. The molecule has 3 atom stereocenters. The maximum absolute atomic E-state index is 5.92. The number of hydrogen-bond acceptors (Lipinski definition) is 2. The lowest BCUT2D eigenvalue weighted by Gasteiger charge is -2.28. The number of ether oxygens (including phenoxy) is 2. The highest BCUT2D eigenvalue weighted by atomic mass is 16.7. The first-order valence-electron chi connectivity index (χ1n) is 7.65. The van der Waals surface area contributed by atoms with Crippen LogP contribution in [0.3, 0.4) is 0 Å². The highest BCUT2D eigenvalue weighted by molar-refractivity contribution is 4.82. The molecule has 0 aromatic rings. The summed E-state index contributed by atoms with van der Waals surface area (Å²) in [5.74, 6) is 2.67. The van der Waals surface area contributed by atoms with Crippen molar-refractivity contribution in [1.29, 1.82) is 0 Å². The summed E-state index contributed by atoms with van der Waals surface area (Å²) in [4.78, 5) is 0. The summed E-state index contributed by atoms with van der Waals surface area (Å²) in [7, 11) is 0. The Balaban J connectivity index is 1.61. The summed E-state index contributed by atoms with van der Waals surface area (Å²) < 4.78 is 11.8. The van der Waals surface area contributed by atoms with Gasteiger partial charge in [-0.2, -0.15) is 0 Å². The zero-order valence-corrected chi connectivity index (χ0v) is 10.9. The van der Waals surface area contributed by atoms with E-state index in [9.17, 15) is 0 Å². The highest BCUT2D eigenvalue weighted by Gasteiger charge is 2.33. The maximum atomic E-state index is 5.92. The van der Waals surface area contributed by atoms with Crippen molar-refractivity contribution in [2.45, 2.75) is 64.1 Å². The van der Waals surface area contributed by atoms with E-state index in [0.717, 1.165) is 25.0 Å². The second-order valence-corrected chi connectivity index (χ2v) is 6.29. The average molecular weight is 238 g/mol. The van der Waals surface area contributed by atoms with Crippen LogP contribution >= 0.6 is 0 Å². The summed E-state index contributed by atoms with van der Waals surface area (Å²) in [5.41, 5.74) is 0. The van der Waals surface area contributed by atoms with Gasteiger partial charge in [-0.15, -0.1) is 0 Å². The standard InChI is InChI=1S/C15H26O2/c1-2-9-17-15(16-8-1)14-7-6-12-4-3-5-13(10-12)11-14/h12-15H,1-11H2. The van der Waals surface area contributed by atoms with Gasteiger partial charge in [-0.25, -0.2) is 0 Å². The Labute approximate surface area is 105 Å². The molecule has 3 fully saturated rings. The Bertz CT molecular complexity index is 233. The molecular formula is C15H26O2. The van der Waals surface area contributed by atoms with Gasteiger partial charge < -0.3 is 9.47 Å². The van der Waals surface area contributed by atoms with E-state index >= 15 is 0 Å². The van der Waals surface area contributed by atoms with Gasteiger partial charge in [-0.05, 0) is 50.4 Å². The Morgan fingerprint density at radius 2 is 1.41 bits per heavy atom. The summed E-state index contributed by atoms with van der Waals surface area (Å²) in [6.07, 6.45) is 12.5. The van der Waals surface area contributed by atoms with Gasteiger partial charge in [-0.3, -0.25) is 0 Å². The molecule has 0 radical (unpaired) electrons. The lowest BCUT2D eigenvalue weighted by molar-refractivity contribution is -0.162. The minimum atomic E-state index is 0.122. The first-order valence-corrected chi connectivity index (χ1v) is 7.65. The van der Waals surface area contributed by atoms with Crippen LogP contribution in [-0.4, -0.2) is 19.5 Å². The van der Waals surface area contributed by atoms with Crippen molar-refractivity contribution in [3.8, 4) is 0 Å². The van der Waals surface area contributed by atoms with E-state index in [1.54, 1.807) is 0 Å². The molecule has 1 heterocycles. The zero-order valence-electron chi connectivity index (χ0n) is 10.9. The Hall–Kier alpha value is -0.0800. The molecule has 0 amide bonds. The van der Waals surface area contributed by atoms with Crippen LogP contribution in [0, 0.1) is 17.8 Å². The molecule has 2 heteroatoms. The fourth-order valence-electron chi connectivity index (χ4n) is 4.04. The Kier molecular flexibility index (Phi) is 4.02. The van der Waals surface area contributed by atoms with Crippen molar-refractivity contribution in [3.63, 3.8) is 0 Å². The minimum absolute atomic E-state index is 0.122. The highest BCUT2D eigenvalue weighted by Crippen LogP contribution is 2.42. The second-order valence-electron chi connectivity index (χ2n) is 6.29. The van der Waals surface area contributed by atoms with Crippen LogP contribution in [0.25, 0.3) is 0 Å². The summed E-state index contributed by atoms with van der Waals surface area (Å²) >= 11 is 0. The fourth-order valence-corrected chi connectivity index (χ4v) is 4.04. The van der Waals surface area contributed by atoms with Crippen molar-refractivity contribution in [2.75, 3.05) is 13.2 Å². The summed E-state index contributed by atoms with van der Waals surface area (Å²) in [5, 5.41) is 0. The SMILES string of the molecule is C1CCOC(C2CCC3CCCC(C3)C2)OC1. The van der Waals surface area contributed by atoms with E-state index in [2.05, 4.69) is 0 Å². The van der Waals surface area contributed by atoms with Crippen LogP contribution in [0.5, 0.6) is 0 Å². The molecule has 3 aliphatic rings. The quantitative estimate of drug-likeness (QED) is 0.692. The molecule has 2 nitrogen and oxygen atoms in total. The molecule has 2 bridgehead atoms. The molecule has 0 aromatic carbocycles. The van der Waals surface area contributed by atoms with Crippen LogP contribution in [0.4, 0.5) is 0 Å². The third kappa shape index (κ3) is 3.03. The third-order valence-electron chi connectivity index (χ3n) is 4.96. The van der Waals surface area contributed by atoms with E-state index in [4.69, 9.17) is 9.47 Å². The number of fused-ring (bicyclic) bond motifs is 2. The average Bonchev–Trinajstić information content (AvgIpc) is 2.69. The lowest BCUT2D eigenvalue weighted by atomic mass is 9.80. The summed E-state index contributed by atoms with van der Waals surface area (Å²) in [6.45, 7) is 1.82. The van der Waals surface area contributed by atoms with E-state index < -0.39 is 0 Å². The van der Waals surface area contributed by atoms with Crippen LogP contribution in [0.2, 0.25) is 0 Å². The van der Waals surface area contributed by atoms with Gasteiger partial charge in [0.1, 0.15) is 0 Å². The van der Waals surface area contributed by atoms with Crippen LogP contribution < -0.4 is 0 Å². The predicted octanol–water partition coefficient (Wildman–Crippen LogP) is 3.75. The molecule has 2 aliphatic carbocycles. The van der Waals surface area contributed by atoms with Crippen molar-refractivity contribution < 1.29 is 9.47 Å². The van der Waals surface area contributed by atoms with Crippen molar-refractivity contribution in [3.05, 3.63) is 0 Å². The van der Waals surface area contributed by atoms with Crippen LogP contribution in [-0.2, 0) is 9.47 Å². The van der Waals surface area contributed by atoms with Crippen LogP contribution in [0.1, 0.15) is 57.8 Å². The third-order valence-corrected chi connectivity index (χ3v) is 4.96. The fraction of sp³-hybridized carbons (Fsp3) is 1.00. The van der Waals surface area contributed by atoms with Gasteiger partial charge in [0.05, 0.1) is 0 Å². The van der Waals surface area contributed by atoms with E-state index in [1.165, 1.54) is 57.8 Å². The molecule has 0 N–H and O–H groups in total. The second kappa shape index (κ2) is 5.71. The maximum Gasteiger partial charge on any atom is 0.160 e. The molecule has 1 saturated heterocycles. The van der Waals surface area contributed by atoms with Crippen molar-refractivity contribution in [1.82, 2.24) is 0 Å². The number of hydrogen-bond donors (Lipinski definition) is 0. The first-order chi connectivity index (χ1) is 8.42. The monoisotopic (exact) mass is 238 g/mol. The molecule has 1 aliphatic heterocycles. The molecule has 0 aromatic heterocycles. The molecule has 3 rings (SSSR count). The molecule has 17 heavy (non-hydrogen) atoms. The van der Waals surface area contributed by atoms with Gasteiger partial charge in [0.25, 0.3) is 0 Å². The molecule has 98 valence electrons. The van der Waals surface area contributed by atoms with Crippen molar-refractivity contribution >= 4 is 0 Å². The van der Waals surface area contributed by atoms with Gasteiger partial charge >= 0.3 is 0 Å². The smallest absolute Gasteiger partial charge is 0.160 e. The van der Waals surface area contributed by atoms with E-state index in [-0.39, 0.29) is 6.29 Å². The minimum Gasteiger partial charge on any atom is -0.352 e. The zero-order chi connectivity index (χ0) is 11.5. The Morgan fingerprint density at radius 3 is 2.24 bits per heavy atom. The van der Waals surface area contributed by atoms with Gasteiger partial charge in [0.15, 0.2) is 6.29 Å². The van der Waals surface area contributed by atoms with Gasteiger partial charge in [-0.1, -0.05) is 19.3 Å². The lowest BCUT2D eigenvalue weighted by Crippen LogP contribution is -2.27.